The molecule has 1 aliphatic heterocycles. The van der Waals surface area contributed by atoms with Crippen molar-refractivity contribution < 1.29 is 9.59 Å². The minimum Gasteiger partial charge on any atom is -0.302 e. The Balaban J connectivity index is 1.42. The summed E-state index contributed by atoms with van der Waals surface area (Å²) in [6.45, 7) is 13.3. The van der Waals surface area contributed by atoms with Crippen LogP contribution in [-0.4, -0.2) is 23.8 Å². The summed E-state index contributed by atoms with van der Waals surface area (Å²) in [6.07, 6.45) is 1.80. The normalized spacial score (nSPS) is 15.0. The third-order valence-corrected chi connectivity index (χ3v) is 9.29. The maximum Gasteiger partial charge on any atom is 0.259 e. The lowest BCUT2D eigenvalue weighted by molar-refractivity contribution is -0.138. The molecule has 0 saturated heterocycles. The van der Waals surface area contributed by atoms with Gasteiger partial charge in [-0.25, -0.2) is 4.85 Å². The number of thiophene rings is 2. The van der Waals surface area contributed by atoms with Gasteiger partial charge in [0.25, 0.3) is 17.5 Å². The number of aryl methyl sites for hydroxylation is 2. The molecule has 0 fully saturated rings. The Kier molecular flexibility index (Phi) is 6.38. The summed E-state index contributed by atoms with van der Waals surface area (Å²) in [5, 5.41) is 3.38. The summed E-state index contributed by atoms with van der Waals surface area (Å²) in [5.74, 6) is -0.933. The zero-order valence-electron chi connectivity index (χ0n) is 22.5. The largest absolute Gasteiger partial charge is 0.302 e. The molecular weight excluding hydrogens is 535 g/mol. The average molecular weight is 560 g/mol. The van der Waals surface area contributed by atoms with Gasteiger partial charge >= 0.3 is 0 Å². The number of imide groups is 1. The van der Waals surface area contributed by atoms with Crippen molar-refractivity contribution in [2.24, 2.45) is 0 Å². The van der Waals surface area contributed by atoms with E-state index < -0.39 is 5.91 Å². The summed E-state index contributed by atoms with van der Waals surface area (Å²) >= 11 is 3.34. The molecule has 2 amide bonds. The van der Waals surface area contributed by atoms with Crippen molar-refractivity contribution in [3.05, 3.63) is 117 Å². The first-order chi connectivity index (χ1) is 19.2. The van der Waals surface area contributed by atoms with E-state index in [1.807, 2.05) is 0 Å². The molecule has 0 bridgehead atoms. The summed E-state index contributed by atoms with van der Waals surface area (Å²) in [6, 6.07) is 25.9. The van der Waals surface area contributed by atoms with Gasteiger partial charge < -0.3 is 4.90 Å². The molecule has 196 valence electrons. The second kappa shape index (κ2) is 9.91. The first-order valence-electron chi connectivity index (χ1n) is 12.8. The van der Waals surface area contributed by atoms with E-state index in [4.69, 9.17) is 6.57 Å². The summed E-state index contributed by atoms with van der Waals surface area (Å²) in [7, 11) is 1.42. The number of anilines is 3. The number of carbonyl (C=O) groups excluding carboxylic acids is 2. The molecule has 7 heteroatoms. The van der Waals surface area contributed by atoms with Gasteiger partial charge in [-0.3, -0.25) is 14.5 Å². The highest BCUT2D eigenvalue weighted by atomic mass is 32.1. The number of nitrogens with zero attached hydrogens (tertiary/aromatic N) is 3. The number of hydrogen-bond acceptors (Lipinski definition) is 5. The van der Waals surface area contributed by atoms with E-state index >= 15 is 0 Å². The minimum absolute atomic E-state index is 0.00536. The minimum atomic E-state index is -0.549. The standard InChI is InChI=1S/C33H25N3O2S2/c1-19-6-10-24(11-7-19)36(25-12-8-20(2)9-13-25)30-17-23-16-28-22(15-29(23)40-30)14-26(39-28)18-27-21(3)31(34-4)33(38)35(5)32(27)37/h6-18H,1-3,5H3/b27-18+. The number of hydrogen-bond donors (Lipinski definition) is 0. The van der Waals surface area contributed by atoms with Crippen molar-refractivity contribution in [1.82, 2.24) is 4.90 Å². The second-order valence-electron chi connectivity index (χ2n) is 9.98. The Labute approximate surface area is 240 Å². The lowest BCUT2D eigenvalue weighted by Gasteiger charge is -2.23. The number of carbonyl (C=O) groups is 2. The lowest BCUT2D eigenvalue weighted by Crippen LogP contribution is -2.39. The van der Waals surface area contributed by atoms with Crippen molar-refractivity contribution in [2.45, 2.75) is 20.8 Å². The topological polar surface area (TPSA) is 45.0 Å². The first kappa shape index (κ1) is 25.8. The van der Waals surface area contributed by atoms with Gasteiger partial charge in [-0.05, 0) is 91.7 Å². The van der Waals surface area contributed by atoms with Gasteiger partial charge in [0.1, 0.15) is 5.00 Å². The van der Waals surface area contributed by atoms with Crippen LogP contribution in [-0.2, 0) is 9.59 Å². The van der Waals surface area contributed by atoms with Crippen LogP contribution in [0.4, 0.5) is 16.4 Å². The van der Waals surface area contributed by atoms with E-state index in [1.54, 1.807) is 35.7 Å². The third-order valence-electron chi connectivity index (χ3n) is 7.17. The average Bonchev–Trinajstić information content (AvgIpc) is 3.53. The van der Waals surface area contributed by atoms with Crippen LogP contribution in [0.1, 0.15) is 22.9 Å². The number of benzene rings is 3. The maximum atomic E-state index is 12.9. The number of likely N-dealkylation sites (N-methyl/N-ethyl adjacent to an activating group) is 1. The quantitative estimate of drug-likeness (QED) is 0.126. The number of fused-ring (bicyclic) bond motifs is 2. The van der Waals surface area contributed by atoms with Gasteiger partial charge in [-0.1, -0.05) is 35.4 Å². The number of amides is 2. The maximum absolute atomic E-state index is 12.9. The van der Waals surface area contributed by atoms with Crippen LogP contribution in [0.5, 0.6) is 0 Å². The molecule has 0 N–H and O–H groups in total. The lowest BCUT2D eigenvalue weighted by atomic mass is 9.99. The van der Waals surface area contributed by atoms with Gasteiger partial charge in [-0.2, -0.15) is 0 Å². The molecule has 0 spiro atoms. The highest BCUT2D eigenvalue weighted by molar-refractivity contribution is 7.23. The molecule has 5 aromatic rings. The molecule has 6 rings (SSSR count). The van der Waals surface area contributed by atoms with E-state index in [-0.39, 0.29) is 11.6 Å². The van der Waals surface area contributed by atoms with E-state index in [9.17, 15) is 9.59 Å². The molecular formula is C33H25N3O2S2. The fraction of sp³-hybridized carbons (Fsp3) is 0.121. The van der Waals surface area contributed by atoms with Crippen LogP contribution >= 0.6 is 22.7 Å². The van der Waals surface area contributed by atoms with Gasteiger partial charge in [-0.15, -0.1) is 22.7 Å². The summed E-state index contributed by atoms with van der Waals surface area (Å²) < 4.78 is 2.29. The fourth-order valence-corrected chi connectivity index (χ4v) is 7.05. The molecule has 3 heterocycles. The molecule has 0 atom stereocenters. The molecule has 0 saturated carbocycles. The first-order valence-corrected chi connectivity index (χ1v) is 14.4. The van der Waals surface area contributed by atoms with Crippen LogP contribution in [0.2, 0.25) is 0 Å². The van der Waals surface area contributed by atoms with E-state index in [0.717, 1.165) is 41.6 Å². The van der Waals surface area contributed by atoms with Crippen LogP contribution in [0.15, 0.2) is 89.6 Å². The SMILES string of the molecule is [C-]#[N+]C1=C(C)/C(=C\c2cc3cc4sc(N(c5ccc(C)cc5)c5ccc(C)cc5)cc4cc3s2)C(=O)N(C)C1=O. The monoisotopic (exact) mass is 559 g/mol. The Morgan fingerprint density at radius 3 is 1.90 bits per heavy atom. The zero-order chi connectivity index (χ0) is 28.1. The predicted octanol–water partition coefficient (Wildman–Crippen LogP) is 8.78. The van der Waals surface area contributed by atoms with Gasteiger partial charge in [0.05, 0.1) is 6.57 Å². The van der Waals surface area contributed by atoms with Crippen LogP contribution in [0.25, 0.3) is 31.1 Å². The van der Waals surface area contributed by atoms with Gasteiger partial charge in [0.15, 0.2) is 0 Å². The van der Waals surface area contributed by atoms with Crippen molar-refractivity contribution in [3.8, 4) is 0 Å². The predicted molar refractivity (Wildman–Crippen MR) is 166 cm³/mol. The van der Waals surface area contributed by atoms with Crippen molar-refractivity contribution >= 4 is 77.1 Å². The van der Waals surface area contributed by atoms with Crippen molar-refractivity contribution in [1.29, 1.82) is 0 Å². The molecule has 40 heavy (non-hydrogen) atoms. The molecule has 3 aromatic carbocycles. The van der Waals surface area contributed by atoms with Crippen molar-refractivity contribution in [3.63, 3.8) is 0 Å². The highest BCUT2D eigenvalue weighted by Gasteiger charge is 2.33. The molecule has 2 aromatic heterocycles. The number of rotatable bonds is 4. The molecule has 5 nitrogen and oxygen atoms in total. The third kappa shape index (κ3) is 4.41. The molecule has 0 radical (unpaired) electrons. The van der Waals surface area contributed by atoms with Crippen molar-refractivity contribution in [2.75, 3.05) is 11.9 Å². The summed E-state index contributed by atoms with van der Waals surface area (Å²) in [4.78, 5) is 32.8. The zero-order valence-corrected chi connectivity index (χ0v) is 24.1. The molecule has 1 aliphatic rings. The second-order valence-corrected chi connectivity index (χ2v) is 12.2. The van der Waals surface area contributed by atoms with Gasteiger partial charge in [0, 0.05) is 38.3 Å². The Morgan fingerprint density at radius 2 is 1.32 bits per heavy atom. The van der Waals surface area contributed by atoms with Gasteiger partial charge in [0.2, 0.25) is 0 Å². The Bertz CT molecular complexity index is 1840. The van der Waals surface area contributed by atoms with E-state index in [0.29, 0.717) is 11.1 Å². The Hall–Kier alpha value is -4.51. The van der Waals surface area contributed by atoms with Crippen LogP contribution in [0, 0.1) is 20.4 Å². The molecule has 0 unspecified atom stereocenters. The molecule has 0 aliphatic carbocycles. The van der Waals surface area contributed by atoms with Crippen LogP contribution < -0.4 is 4.90 Å². The van der Waals surface area contributed by atoms with E-state index in [2.05, 4.69) is 96.4 Å². The van der Waals surface area contributed by atoms with E-state index in [1.165, 1.54) is 22.9 Å². The summed E-state index contributed by atoms with van der Waals surface area (Å²) in [5.41, 5.74) is 5.47. The Morgan fingerprint density at radius 1 is 0.775 bits per heavy atom. The highest BCUT2D eigenvalue weighted by Crippen LogP contribution is 2.43. The van der Waals surface area contributed by atoms with Crippen LogP contribution in [0.3, 0.4) is 0 Å². The fourth-order valence-electron chi connectivity index (χ4n) is 4.88. The smallest absolute Gasteiger partial charge is 0.259 e.